The maximum Gasteiger partial charge on any atom is 0.338 e. The van der Waals surface area contributed by atoms with E-state index in [0.717, 1.165) is 18.4 Å². The first-order valence-corrected chi connectivity index (χ1v) is 4.93. The summed E-state index contributed by atoms with van der Waals surface area (Å²) in [5.74, 6) is -0.323. The summed E-state index contributed by atoms with van der Waals surface area (Å²) in [4.78, 5) is 11.4. The molecule has 1 aromatic rings. The molecule has 3 heteroatoms. The molecule has 0 bridgehead atoms. The monoisotopic (exact) mass is 212 g/mol. The van der Waals surface area contributed by atoms with Gasteiger partial charge < -0.3 is 4.74 Å². The molecule has 2 nitrogen and oxygen atoms in total. The Labute approximate surface area is 88.8 Å². The van der Waals surface area contributed by atoms with Crippen LogP contribution in [-0.4, -0.2) is 13.1 Å². The number of carbonyl (C=O) groups is 1. The van der Waals surface area contributed by atoms with Gasteiger partial charge in [-0.3, -0.25) is 0 Å². The van der Waals surface area contributed by atoms with Crippen molar-refractivity contribution < 1.29 is 9.53 Å². The van der Waals surface area contributed by atoms with E-state index < -0.39 is 0 Å². The molecule has 0 unspecified atom stereocenters. The maximum absolute atomic E-state index is 11.4. The predicted octanol–water partition coefficient (Wildman–Crippen LogP) is 3.08. The number of benzene rings is 1. The topological polar surface area (TPSA) is 26.3 Å². The summed E-state index contributed by atoms with van der Waals surface area (Å²) in [5, 5.41) is 0.560. The normalized spacial score (nSPS) is 9.93. The van der Waals surface area contributed by atoms with E-state index >= 15 is 0 Å². The van der Waals surface area contributed by atoms with Gasteiger partial charge in [0, 0.05) is 5.02 Å². The molecule has 0 radical (unpaired) electrons. The summed E-state index contributed by atoms with van der Waals surface area (Å²) in [6, 6.07) is 5.31. The molecule has 0 saturated heterocycles. The molecule has 76 valence electrons. The summed E-state index contributed by atoms with van der Waals surface area (Å²) in [6.45, 7) is 2.07. The molecule has 0 N–H and O–H groups in total. The third-order valence-electron chi connectivity index (χ3n) is 2.00. The first-order valence-electron chi connectivity index (χ1n) is 4.55. The van der Waals surface area contributed by atoms with Crippen molar-refractivity contribution in [2.24, 2.45) is 0 Å². The molecule has 0 aliphatic carbocycles. The molecule has 0 saturated carbocycles. The van der Waals surface area contributed by atoms with Gasteiger partial charge in [-0.25, -0.2) is 4.79 Å². The van der Waals surface area contributed by atoms with Gasteiger partial charge in [0.05, 0.1) is 12.7 Å². The lowest BCUT2D eigenvalue weighted by Crippen LogP contribution is -2.05. The lowest BCUT2D eigenvalue weighted by molar-refractivity contribution is 0.0599. The predicted molar refractivity (Wildman–Crippen MR) is 56.8 cm³/mol. The van der Waals surface area contributed by atoms with Crippen LogP contribution in [0.4, 0.5) is 0 Å². The highest BCUT2D eigenvalue weighted by atomic mass is 35.5. The van der Waals surface area contributed by atoms with Crippen LogP contribution < -0.4 is 0 Å². The second-order valence-electron chi connectivity index (χ2n) is 3.04. The third-order valence-corrected chi connectivity index (χ3v) is 2.23. The Morgan fingerprint density at radius 3 is 2.79 bits per heavy atom. The van der Waals surface area contributed by atoms with Crippen molar-refractivity contribution >= 4 is 17.6 Å². The number of hydrogen-bond donors (Lipinski definition) is 0. The Kier molecular flexibility index (Phi) is 3.96. The second kappa shape index (κ2) is 5.01. The highest BCUT2D eigenvalue weighted by Crippen LogP contribution is 2.18. The number of halogens is 1. The van der Waals surface area contributed by atoms with Crippen molar-refractivity contribution in [3.8, 4) is 0 Å². The minimum atomic E-state index is -0.323. The SMILES string of the molecule is CCCc1ccc(Cl)cc1C(=O)OC. The first kappa shape index (κ1) is 11.1. The molecule has 0 aromatic heterocycles. The van der Waals surface area contributed by atoms with Crippen molar-refractivity contribution in [2.45, 2.75) is 19.8 Å². The third kappa shape index (κ3) is 2.48. The summed E-state index contributed by atoms with van der Waals surface area (Å²) >= 11 is 5.81. The van der Waals surface area contributed by atoms with Crippen LogP contribution in [0.5, 0.6) is 0 Å². The molecule has 1 aromatic carbocycles. The van der Waals surface area contributed by atoms with Crippen molar-refractivity contribution in [3.05, 3.63) is 34.3 Å². The molecular formula is C11H13ClO2. The van der Waals surface area contributed by atoms with Crippen molar-refractivity contribution in [2.75, 3.05) is 7.11 Å². The van der Waals surface area contributed by atoms with Crippen LogP contribution in [0.25, 0.3) is 0 Å². The molecule has 14 heavy (non-hydrogen) atoms. The quantitative estimate of drug-likeness (QED) is 0.720. The molecule has 0 fully saturated rings. The van der Waals surface area contributed by atoms with Crippen molar-refractivity contribution in [3.63, 3.8) is 0 Å². The van der Waals surface area contributed by atoms with E-state index in [-0.39, 0.29) is 5.97 Å². The minimum Gasteiger partial charge on any atom is -0.465 e. The molecule has 0 atom stereocenters. The smallest absolute Gasteiger partial charge is 0.338 e. The van der Waals surface area contributed by atoms with E-state index in [2.05, 4.69) is 11.7 Å². The largest absolute Gasteiger partial charge is 0.465 e. The average molecular weight is 213 g/mol. The zero-order valence-corrected chi connectivity index (χ0v) is 9.10. The molecule has 1 rings (SSSR count). The van der Waals surface area contributed by atoms with E-state index in [1.165, 1.54) is 7.11 Å². The fraction of sp³-hybridized carbons (Fsp3) is 0.364. The number of aryl methyl sites for hydroxylation is 1. The first-order chi connectivity index (χ1) is 6.69. The number of methoxy groups -OCH3 is 1. The van der Waals surface area contributed by atoms with Gasteiger partial charge in [-0.1, -0.05) is 31.0 Å². The van der Waals surface area contributed by atoms with E-state index in [9.17, 15) is 4.79 Å². The molecule has 0 aliphatic rings. The average Bonchev–Trinajstić information content (AvgIpc) is 2.20. The van der Waals surface area contributed by atoms with Crippen LogP contribution in [0.15, 0.2) is 18.2 Å². The van der Waals surface area contributed by atoms with Gasteiger partial charge in [0.1, 0.15) is 0 Å². The molecule has 0 spiro atoms. The van der Waals surface area contributed by atoms with Gasteiger partial charge in [0.25, 0.3) is 0 Å². The molecule has 0 aliphatic heterocycles. The van der Waals surface area contributed by atoms with Crippen LogP contribution in [-0.2, 0) is 11.2 Å². The molecule has 0 heterocycles. The van der Waals surface area contributed by atoms with E-state index in [0.29, 0.717) is 10.6 Å². The van der Waals surface area contributed by atoms with Crippen LogP contribution in [0, 0.1) is 0 Å². The number of ether oxygens (including phenoxy) is 1. The number of esters is 1. The zero-order chi connectivity index (χ0) is 10.6. The van der Waals surface area contributed by atoms with Crippen LogP contribution in [0.1, 0.15) is 29.3 Å². The van der Waals surface area contributed by atoms with Gasteiger partial charge >= 0.3 is 5.97 Å². The second-order valence-corrected chi connectivity index (χ2v) is 3.48. The van der Waals surface area contributed by atoms with Crippen molar-refractivity contribution in [1.82, 2.24) is 0 Å². The Morgan fingerprint density at radius 2 is 2.21 bits per heavy atom. The standard InChI is InChI=1S/C11H13ClO2/c1-3-4-8-5-6-9(12)7-10(8)11(13)14-2/h5-7H,3-4H2,1-2H3. The fourth-order valence-electron chi connectivity index (χ4n) is 1.34. The Hall–Kier alpha value is -1.02. The lowest BCUT2D eigenvalue weighted by Gasteiger charge is -2.06. The summed E-state index contributed by atoms with van der Waals surface area (Å²) in [7, 11) is 1.37. The maximum atomic E-state index is 11.4. The van der Waals surface area contributed by atoms with E-state index in [4.69, 9.17) is 11.6 Å². The van der Waals surface area contributed by atoms with E-state index in [1.54, 1.807) is 12.1 Å². The summed E-state index contributed by atoms with van der Waals surface area (Å²) < 4.78 is 4.68. The Balaban J connectivity index is 3.08. The fourth-order valence-corrected chi connectivity index (χ4v) is 1.51. The lowest BCUT2D eigenvalue weighted by atomic mass is 10.0. The Morgan fingerprint density at radius 1 is 1.50 bits per heavy atom. The molecule has 0 amide bonds. The Bertz CT molecular complexity index is 334. The van der Waals surface area contributed by atoms with Crippen LogP contribution in [0.3, 0.4) is 0 Å². The number of carbonyl (C=O) groups excluding carboxylic acids is 1. The highest BCUT2D eigenvalue weighted by molar-refractivity contribution is 6.31. The van der Waals surface area contributed by atoms with Crippen LogP contribution in [0.2, 0.25) is 5.02 Å². The van der Waals surface area contributed by atoms with Crippen LogP contribution >= 0.6 is 11.6 Å². The van der Waals surface area contributed by atoms with Crippen molar-refractivity contribution in [1.29, 1.82) is 0 Å². The van der Waals surface area contributed by atoms with Gasteiger partial charge in [-0.15, -0.1) is 0 Å². The summed E-state index contributed by atoms with van der Waals surface area (Å²) in [6.07, 6.45) is 1.85. The van der Waals surface area contributed by atoms with E-state index in [1.807, 2.05) is 6.07 Å². The number of hydrogen-bond acceptors (Lipinski definition) is 2. The van der Waals surface area contributed by atoms with Gasteiger partial charge in [-0.05, 0) is 24.1 Å². The van der Waals surface area contributed by atoms with Gasteiger partial charge in [0.15, 0.2) is 0 Å². The van der Waals surface area contributed by atoms with Gasteiger partial charge in [0.2, 0.25) is 0 Å². The molecular weight excluding hydrogens is 200 g/mol. The number of rotatable bonds is 3. The minimum absolute atomic E-state index is 0.323. The highest BCUT2D eigenvalue weighted by Gasteiger charge is 2.11. The van der Waals surface area contributed by atoms with Gasteiger partial charge in [-0.2, -0.15) is 0 Å². The summed E-state index contributed by atoms with van der Waals surface area (Å²) in [5.41, 5.74) is 1.56. The zero-order valence-electron chi connectivity index (χ0n) is 8.34.